The molecule has 0 spiro atoms. The average molecular weight is 235 g/mol. The van der Waals surface area contributed by atoms with E-state index in [1.807, 2.05) is 11.5 Å². The fourth-order valence-electron chi connectivity index (χ4n) is 1.33. The maximum absolute atomic E-state index is 11.5. The summed E-state index contributed by atoms with van der Waals surface area (Å²) >= 11 is 0. The molecule has 17 heavy (non-hydrogen) atoms. The third-order valence-electron chi connectivity index (χ3n) is 2.20. The predicted molar refractivity (Wildman–Crippen MR) is 60.1 cm³/mol. The van der Waals surface area contributed by atoms with Gasteiger partial charge in [-0.05, 0) is 6.92 Å². The summed E-state index contributed by atoms with van der Waals surface area (Å²) in [6, 6.07) is -0.308. The van der Waals surface area contributed by atoms with Gasteiger partial charge in [0.05, 0.1) is 18.4 Å². The molecule has 0 atom stereocenters. The molecule has 0 bridgehead atoms. The quantitative estimate of drug-likeness (QED) is 0.711. The van der Waals surface area contributed by atoms with Crippen LogP contribution >= 0.6 is 0 Å². The van der Waals surface area contributed by atoms with Crippen LogP contribution in [0.1, 0.15) is 12.7 Å². The van der Waals surface area contributed by atoms with Crippen molar-refractivity contribution in [2.45, 2.75) is 20.0 Å². The average Bonchev–Trinajstić information content (AvgIpc) is 2.96. The Balaban J connectivity index is 1.84. The molecule has 2 aromatic heterocycles. The number of carbonyl (C=O) groups is 1. The zero-order chi connectivity index (χ0) is 12.1. The summed E-state index contributed by atoms with van der Waals surface area (Å²) in [5.41, 5.74) is 0.611. The minimum Gasteiger partial charge on any atom is -0.331 e. The zero-order valence-electron chi connectivity index (χ0n) is 9.34. The Kier molecular flexibility index (Phi) is 3.34. The van der Waals surface area contributed by atoms with Gasteiger partial charge in [-0.25, -0.2) is 4.79 Å². The molecule has 0 radical (unpaired) electrons. The molecular formula is C9H13N7O. The molecule has 8 nitrogen and oxygen atoms in total. The monoisotopic (exact) mass is 235 g/mol. The van der Waals surface area contributed by atoms with E-state index in [1.54, 1.807) is 12.5 Å². The van der Waals surface area contributed by atoms with Crippen LogP contribution in [0.15, 0.2) is 18.7 Å². The Morgan fingerprint density at radius 1 is 1.59 bits per heavy atom. The number of urea groups is 1. The lowest BCUT2D eigenvalue weighted by Gasteiger charge is -2.06. The van der Waals surface area contributed by atoms with Crippen molar-refractivity contribution in [3.8, 4) is 0 Å². The van der Waals surface area contributed by atoms with Crippen LogP contribution in [0.4, 0.5) is 10.5 Å². The van der Waals surface area contributed by atoms with Crippen molar-refractivity contribution in [1.29, 1.82) is 0 Å². The van der Waals surface area contributed by atoms with Crippen LogP contribution in [-0.4, -0.2) is 31.0 Å². The molecule has 2 heterocycles. The van der Waals surface area contributed by atoms with Crippen molar-refractivity contribution in [3.05, 3.63) is 24.5 Å². The first kappa shape index (κ1) is 11.1. The van der Waals surface area contributed by atoms with Crippen molar-refractivity contribution in [2.75, 3.05) is 5.32 Å². The normalized spacial score (nSPS) is 10.2. The van der Waals surface area contributed by atoms with Gasteiger partial charge < -0.3 is 15.2 Å². The summed E-state index contributed by atoms with van der Waals surface area (Å²) in [6.45, 7) is 3.09. The molecule has 0 aliphatic carbocycles. The van der Waals surface area contributed by atoms with Crippen molar-refractivity contribution < 1.29 is 4.79 Å². The van der Waals surface area contributed by atoms with Gasteiger partial charge in [0.2, 0.25) is 0 Å². The number of aromatic amines is 1. The number of carbonyl (C=O) groups excluding carboxylic acids is 1. The van der Waals surface area contributed by atoms with E-state index in [1.165, 1.54) is 6.20 Å². The lowest BCUT2D eigenvalue weighted by Crippen LogP contribution is -2.29. The SMILES string of the molecule is CCn1cnnc1CNC(=O)Nc1cn[nH]c1. The number of nitrogens with one attached hydrogen (secondary N) is 3. The van der Waals surface area contributed by atoms with E-state index < -0.39 is 0 Å². The van der Waals surface area contributed by atoms with Crippen LogP contribution in [0.25, 0.3) is 0 Å². The van der Waals surface area contributed by atoms with E-state index in [0.29, 0.717) is 12.2 Å². The second-order valence-electron chi connectivity index (χ2n) is 3.33. The highest BCUT2D eigenvalue weighted by molar-refractivity contribution is 5.88. The van der Waals surface area contributed by atoms with Crippen LogP contribution in [0.2, 0.25) is 0 Å². The van der Waals surface area contributed by atoms with Crippen LogP contribution < -0.4 is 10.6 Å². The topological polar surface area (TPSA) is 101 Å². The van der Waals surface area contributed by atoms with Crippen LogP contribution in [-0.2, 0) is 13.1 Å². The van der Waals surface area contributed by atoms with E-state index in [-0.39, 0.29) is 6.03 Å². The van der Waals surface area contributed by atoms with E-state index >= 15 is 0 Å². The summed E-state index contributed by atoms with van der Waals surface area (Å²) in [6.07, 6.45) is 4.74. The number of aromatic nitrogens is 5. The summed E-state index contributed by atoms with van der Waals surface area (Å²) in [5, 5.41) is 19.3. The first-order chi connectivity index (χ1) is 8.29. The smallest absolute Gasteiger partial charge is 0.319 e. The molecule has 8 heteroatoms. The summed E-state index contributed by atoms with van der Waals surface area (Å²) < 4.78 is 1.86. The fraction of sp³-hybridized carbons (Fsp3) is 0.333. The van der Waals surface area contributed by atoms with Gasteiger partial charge in [0.15, 0.2) is 5.82 Å². The number of amides is 2. The Morgan fingerprint density at radius 2 is 2.47 bits per heavy atom. The molecule has 90 valence electrons. The lowest BCUT2D eigenvalue weighted by molar-refractivity contribution is 0.251. The van der Waals surface area contributed by atoms with Gasteiger partial charge in [0.1, 0.15) is 6.33 Å². The lowest BCUT2D eigenvalue weighted by atomic mass is 10.5. The molecule has 0 fully saturated rings. The minimum atomic E-state index is -0.308. The summed E-state index contributed by atoms with van der Waals surface area (Å²) in [7, 11) is 0. The van der Waals surface area contributed by atoms with E-state index in [2.05, 4.69) is 31.0 Å². The molecule has 0 saturated heterocycles. The number of H-pyrrole nitrogens is 1. The molecule has 0 aliphatic heterocycles. The highest BCUT2D eigenvalue weighted by Crippen LogP contribution is 2.00. The number of hydrogen-bond acceptors (Lipinski definition) is 4. The minimum absolute atomic E-state index is 0.308. The molecule has 2 aromatic rings. The van der Waals surface area contributed by atoms with Gasteiger partial charge >= 0.3 is 6.03 Å². The van der Waals surface area contributed by atoms with Gasteiger partial charge in [0.25, 0.3) is 0 Å². The number of nitrogens with zero attached hydrogens (tertiary/aromatic N) is 4. The van der Waals surface area contributed by atoms with Crippen molar-refractivity contribution in [2.24, 2.45) is 0 Å². The highest BCUT2D eigenvalue weighted by Gasteiger charge is 2.06. The molecule has 0 aliphatic rings. The highest BCUT2D eigenvalue weighted by atomic mass is 16.2. The third kappa shape index (κ3) is 2.80. The molecule has 0 unspecified atom stereocenters. The summed E-state index contributed by atoms with van der Waals surface area (Å²) in [5.74, 6) is 0.717. The van der Waals surface area contributed by atoms with Crippen molar-refractivity contribution >= 4 is 11.7 Å². The van der Waals surface area contributed by atoms with Crippen molar-refractivity contribution in [3.63, 3.8) is 0 Å². The molecule has 2 amide bonds. The first-order valence-corrected chi connectivity index (χ1v) is 5.20. The predicted octanol–water partition coefficient (Wildman–Crippen LogP) is 0.343. The molecule has 0 saturated carbocycles. The van der Waals surface area contributed by atoms with Gasteiger partial charge in [-0.3, -0.25) is 5.10 Å². The van der Waals surface area contributed by atoms with Crippen molar-refractivity contribution in [1.82, 2.24) is 30.3 Å². The van der Waals surface area contributed by atoms with E-state index in [9.17, 15) is 4.79 Å². The zero-order valence-corrected chi connectivity index (χ0v) is 9.34. The van der Waals surface area contributed by atoms with Crippen LogP contribution in [0, 0.1) is 0 Å². The van der Waals surface area contributed by atoms with E-state index in [4.69, 9.17) is 0 Å². The molecular weight excluding hydrogens is 222 g/mol. The largest absolute Gasteiger partial charge is 0.331 e. The van der Waals surface area contributed by atoms with Gasteiger partial charge in [-0.15, -0.1) is 10.2 Å². The van der Waals surface area contributed by atoms with Gasteiger partial charge in [0, 0.05) is 12.7 Å². The Hall–Kier alpha value is -2.38. The van der Waals surface area contributed by atoms with Crippen LogP contribution in [0.5, 0.6) is 0 Å². The van der Waals surface area contributed by atoms with E-state index in [0.717, 1.165) is 12.4 Å². The molecule has 2 rings (SSSR count). The molecule has 0 aromatic carbocycles. The second-order valence-corrected chi connectivity index (χ2v) is 3.33. The maximum Gasteiger partial charge on any atom is 0.319 e. The number of anilines is 1. The fourth-order valence-corrected chi connectivity index (χ4v) is 1.33. The number of rotatable bonds is 4. The maximum atomic E-state index is 11.5. The molecule has 3 N–H and O–H groups in total. The van der Waals surface area contributed by atoms with Gasteiger partial charge in [-0.1, -0.05) is 0 Å². The standard InChI is InChI=1S/C9H13N7O/c1-2-16-6-13-15-8(16)5-10-9(17)14-7-3-11-12-4-7/h3-4,6H,2,5H2,1H3,(H,11,12)(H2,10,14,17). The summed E-state index contributed by atoms with van der Waals surface area (Å²) in [4.78, 5) is 11.5. The van der Waals surface area contributed by atoms with Crippen LogP contribution in [0.3, 0.4) is 0 Å². The number of aryl methyl sites for hydroxylation is 1. The Labute approximate surface area is 97.4 Å². The first-order valence-electron chi connectivity index (χ1n) is 5.20. The Bertz CT molecular complexity index is 475. The van der Waals surface area contributed by atoms with Gasteiger partial charge in [-0.2, -0.15) is 5.10 Å². The third-order valence-corrected chi connectivity index (χ3v) is 2.20. The Morgan fingerprint density at radius 3 is 3.18 bits per heavy atom. The second kappa shape index (κ2) is 5.10. The number of hydrogen-bond donors (Lipinski definition) is 3.